The van der Waals surface area contributed by atoms with Gasteiger partial charge in [-0.05, 0) is 19.1 Å². The van der Waals surface area contributed by atoms with Crippen molar-refractivity contribution in [1.29, 1.82) is 5.26 Å². The molecule has 0 bridgehead atoms. The molecule has 0 aromatic carbocycles. The lowest BCUT2D eigenvalue weighted by Crippen LogP contribution is -1.75. The summed E-state index contributed by atoms with van der Waals surface area (Å²) in [4.78, 5) is 3.74. The Morgan fingerprint density at radius 1 is 1.64 bits per heavy atom. The first-order chi connectivity index (χ1) is 5.35. The number of aromatic nitrogens is 1. The lowest BCUT2D eigenvalue weighted by Gasteiger charge is -1.79. The van der Waals surface area contributed by atoms with Crippen LogP contribution in [0.5, 0.6) is 0 Å². The van der Waals surface area contributed by atoms with E-state index in [9.17, 15) is 0 Å². The summed E-state index contributed by atoms with van der Waals surface area (Å²) in [5.74, 6) is 0. The third kappa shape index (κ3) is 5.07. The van der Waals surface area contributed by atoms with Crippen LogP contribution in [-0.2, 0) is 0 Å². The monoisotopic (exact) mass is 150 g/mol. The van der Waals surface area contributed by atoms with Crippen LogP contribution in [0.4, 0.5) is 0 Å². The Labute approximate surface area is 65.9 Å². The molecule has 0 atom stereocenters. The van der Waals surface area contributed by atoms with Crippen molar-refractivity contribution < 1.29 is 5.11 Å². The minimum Gasteiger partial charge on any atom is -0.397 e. The van der Waals surface area contributed by atoms with Crippen LogP contribution in [0.25, 0.3) is 0 Å². The number of aliphatic hydroxyl groups excluding tert-OH is 1. The average Bonchev–Trinajstić information content (AvgIpc) is 2.08. The van der Waals surface area contributed by atoms with Gasteiger partial charge in [-0.3, -0.25) is 0 Å². The van der Waals surface area contributed by atoms with E-state index in [1.54, 1.807) is 31.3 Å². The van der Waals surface area contributed by atoms with Crippen LogP contribution in [-0.4, -0.2) is 16.7 Å². The highest BCUT2D eigenvalue weighted by atomic mass is 16.2. The second kappa shape index (κ2) is 6.72. The summed E-state index contributed by atoms with van der Waals surface area (Å²) >= 11 is 0. The average molecular weight is 150 g/mol. The molecule has 0 amide bonds. The van der Waals surface area contributed by atoms with Crippen molar-refractivity contribution in [3.63, 3.8) is 0 Å². The van der Waals surface area contributed by atoms with E-state index in [2.05, 4.69) is 4.98 Å². The van der Waals surface area contributed by atoms with Gasteiger partial charge >= 0.3 is 0 Å². The maximum Gasteiger partial charge on any atom is 0.140 e. The van der Waals surface area contributed by atoms with E-state index in [1.165, 1.54) is 0 Å². The Bertz CT molecular complexity index is 215. The third-order valence-electron chi connectivity index (χ3n) is 0.779. The van der Waals surface area contributed by atoms with Gasteiger partial charge in [-0.25, -0.2) is 4.98 Å². The van der Waals surface area contributed by atoms with Crippen LogP contribution < -0.4 is 0 Å². The Balaban J connectivity index is 0.000000292. The maximum atomic E-state index is 8.23. The van der Waals surface area contributed by atoms with Gasteiger partial charge in [0.15, 0.2) is 0 Å². The third-order valence-corrected chi connectivity index (χ3v) is 0.779. The Hall–Kier alpha value is -1.40. The molecule has 3 heteroatoms. The van der Waals surface area contributed by atoms with Crippen LogP contribution in [0, 0.1) is 11.3 Å². The van der Waals surface area contributed by atoms with Gasteiger partial charge in [0.1, 0.15) is 11.8 Å². The Morgan fingerprint density at radius 3 is 2.55 bits per heavy atom. The fourth-order valence-corrected chi connectivity index (χ4v) is 0.429. The molecule has 0 saturated heterocycles. The smallest absolute Gasteiger partial charge is 0.140 e. The van der Waals surface area contributed by atoms with Crippen molar-refractivity contribution in [2.75, 3.05) is 6.61 Å². The predicted octanol–water partition coefficient (Wildman–Crippen LogP) is 0.952. The first kappa shape index (κ1) is 9.60. The quantitative estimate of drug-likeness (QED) is 0.599. The molecule has 0 unspecified atom stereocenters. The molecule has 58 valence electrons. The van der Waals surface area contributed by atoms with Gasteiger partial charge in [-0.15, -0.1) is 0 Å². The number of hydrogen-bond acceptors (Lipinski definition) is 3. The fourth-order valence-electron chi connectivity index (χ4n) is 0.429. The van der Waals surface area contributed by atoms with Crippen molar-refractivity contribution in [2.24, 2.45) is 0 Å². The predicted molar refractivity (Wildman–Crippen MR) is 41.7 cm³/mol. The van der Waals surface area contributed by atoms with Crippen molar-refractivity contribution in [3.8, 4) is 6.07 Å². The molecule has 0 aliphatic carbocycles. The topological polar surface area (TPSA) is 56.9 Å². The summed E-state index contributed by atoms with van der Waals surface area (Å²) < 4.78 is 0. The molecule has 0 fully saturated rings. The van der Waals surface area contributed by atoms with E-state index < -0.39 is 0 Å². The highest BCUT2D eigenvalue weighted by Crippen LogP contribution is 1.86. The minimum atomic E-state index is 0.250. The van der Waals surface area contributed by atoms with E-state index in [0.717, 1.165) is 0 Å². The molecule has 0 aliphatic heterocycles. The van der Waals surface area contributed by atoms with Crippen molar-refractivity contribution in [2.45, 2.75) is 6.92 Å². The van der Waals surface area contributed by atoms with Gasteiger partial charge in [-0.1, -0.05) is 6.07 Å². The van der Waals surface area contributed by atoms with Crippen molar-refractivity contribution in [1.82, 2.24) is 4.98 Å². The van der Waals surface area contributed by atoms with Gasteiger partial charge in [0.05, 0.1) is 0 Å². The van der Waals surface area contributed by atoms with Crippen LogP contribution in [0.3, 0.4) is 0 Å². The van der Waals surface area contributed by atoms with E-state index in [1.807, 2.05) is 6.07 Å². The molecule has 1 aromatic heterocycles. The number of pyridine rings is 1. The molecule has 0 spiro atoms. The molecule has 0 saturated carbocycles. The van der Waals surface area contributed by atoms with Gasteiger partial charge in [-0.2, -0.15) is 5.26 Å². The van der Waals surface area contributed by atoms with Crippen LogP contribution in [0.15, 0.2) is 24.4 Å². The zero-order chi connectivity index (χ0) is 8.53. The number of hydrogen-bond donors (Lipinski definition) is 1. The molecule has 3 nitrogen and oxygen atoms in total. The molecule has 1 N–H and O–H groups in total. The highest BCUT2D eigenvalue weighted by Gasteiger charge is 1.81. The largest absolute Gasteiger partial charge is 0.397 e. The van der Waals surface area contributed by atoms with Gasteiger partial charge in [0.2, 0.25) is 0 Å². The molecular weight excluding hydrogens is 140 g/mol. The lowest BCUT2D eigenvalue weighted by atomic mass is 10.4. The van der Waals surface area contributed by atoms with Gasteiger partial charge < -0.3 is 5.11 Å². The zero-order valence-corrected chi connectivity index (χ0v) is 6.36. The zero-order valence-electron chi connectivity index (χ0n) is 6.36. The van der Waals surface area contributed by atoms with E-state index in [0.29, 0.717) is 5.69 Å². The fraction of sp³-hybridized carbons (Fsp3) is 0.250. The van der Waals surface area contributed by atoms with Gasteiger partial charge in [0.25, 0.3) is 0 Å². The Kier molecular flexibility index (Phi) is 5.86. The molecule has 11 heavy (non-hydrogen) atoms. The highest BCUT2D eigenvalue weighted by molar-refractivity contribution is 5.18. The molecule has 1 aromatic rings. The summed E-state index contributed by atoms with van der Waals surface area (Å²) in [7, 11) is 0. The molecule has 0 aliphatic rings. The first-order valence-corrected chi connectivity index (χ1v) is 3.27. The van der Waals surface area contributed by atoms with Crippen LogP contribution in [0.1, 0.15) is 12.6 Å². The normalized spacial score (nSPS) is 7.36. The number of rotatable bonds is 0. The standard InChI is InChI=1S/C6H4N2.C2H6O/c7-5-6-3-1-2-4-8-6;1-2-3/h1-4H;3H,2H2,1H3. The maximum absolute atomic E-state index is 8.23. The Morgan fingerprint density at radius 2 is 2.27 bits per heavy atom. The van der Waals surface area contributed by atoms with Crippen LogP contribution in [0.2, 0.25) is 0 Å². The molecular formula is C8H10N2O. The summed E-state index contributed by atoms with van der Waals surface area (Å²) in [5, 5.41) is 15.8. The van der Waals surface area contributed by atoms with E-state index in [4.69, 9.17) is 10.4 Å². The summed E-state index contributed by atoms with van der Waals surface area (Å²) in [6.07, 6.45) is 1.60. The molecule has 1 rings (SSSR count). The minimum absolute atomic E-state index is 0.250. The van der Waals surface area contributed by atoms with Crippen LogP contribution >= 0.6 is 0 Å². The van der Waals surface area contributed by atoms with Crippen molar-refractivity contribution in [3.05, 3.63) is 30.1 Å². The summed E-state index contributed by atoms with van der Waals surface area (Å²) in [6, 6.07) is 7.14. The summed E-state index contributed by atoms with van der Waals surface area (Å²) in [5.41, 5.74) is 0.465. The first-order valence-electron chi connectivity index (χ1n) is 3.27. The van der Waals surface area contributed by atoms with Gasteiger partial charge in [0, 0.05) is 12.8 Å². The lowest BCUT2D eigenvalue weighted by molar-refractivity contribution is 0.318. The SMILES string of the molecule is CCO.N#Cc1ccccn1. The molecule has 1 heterocycles. The van der Waals surface area contributed by atoms with Crippen molar-refractivity contribution >= 4 is 0 Å². The molecule has 0 radical (unpaired) electrons. The van der Waals surface area contributed by atoms with E-state index in [-0.39, 0.29) is 6.61 Å². The summed E-state index contributed by atoms with van der Waals surface area (Å²) in [6.45, 7) is 1.93. The second-order valence-electron chi connectivity index (χ2n) is 1.64. The number of nitrogens with zero attached hydrogens (tertiary/aromatic N) is 2. The number of aliphatic hydroxyl groups is 1. The van der Waals surface area contributed by atoms with E-state index >= 15 is 0 Å². The number of nitriles is 1. The second-order valence-corrected chi connectivity index (χ2v) is 1.64.